The Morgan fingerprint density at radius 2 is 2.18 bits per heavy atom. The maximum atomic E-state index is 10.6. The van der Waals surface area contributed by atoms with Crippen LogP contribution in [0, 0.1) is 10.1 Å². The summed E-state index contributed by atoms with van der Waals surface area (Å²) < 4.78 is 0. The summed E-state index contributed by atoms with van der Waals surface area (Å²) in [4.78, 5) is 14.1. The van der Waals surface area contributed by atoms with Gasteiger partial charge in [-0.1, -0.05) is 0 Å². The van der Waals surface area contributed by atoms with Gasteiger partial charge in [0.05, 0.1) is 4.92 Å². The Morgan fingerprint density at radius 3 is 2.76 bits per heavy atom. The summed E-state index contributed by atoms with van der Waals surface area (Å²) in [6.45, 7) is 0. The van der Waals surface area contributed by atoms with Gasteiger partial charge in [-0.25, -0.2) is 4.98 Å². The maximum Gasteiger partial charge on any atom is 0.311 e. The van der Waals surface area contributed by atoms with E-state index in [-0.39, 0.29) is 11.5 Å². The van der Waals surface area contributed by atoms with Gasteiger partial charge in [0.1, 0.15) is 5.82 Å². The lowest BCUT2D eigenvalue weighted by atomic mass is 10.1. The molecule has 0 aliphatic carbocycles. The number of nitrogens with two attached hydrogens (primary N) is 1. The number of nitro groups is 1. The normalized spacial score (nSPS) is 16.7. The molecular weight excluding hydrogens is 240 g/mol. The molecule has 1 saturated heterocycles. The van der Waals surface area contributed by atoms with Crippen LogP contribution in [0.4, 0.5) is 17.3 Å². The predicted molar refractivity (Wildman–Crippen MR) is 69.3 cm³/mol. The van der Waals surface area contributed by atoms with Crippen LogP contribution in [0.5, 0.6) is 0 Å². The zero-order chi connectivity index (χ0) is 12.3. The second-order valence-electron chi connectivity index (χ2n) is 3.89. The van der Waals surface area contributed by atoms with E-state index in [9.17, 15) is 10.1 Å². The Labute approximate surface area is 103 Å². The number of nitrogens with one attached hydrogen (secondary N) is 1. The first-order valence-corrected chi connectivity index (χ1v) is 6.57. The molecule has 0 amide bonds. The van der Waals surface area contributed by atoms with Crippen LogP contribution in [0.2, 0.25) is 0 Å². The number of rotatable bonds is 3. The fourth-order valence-electron chi connectivity index (χ4n) is 1.75. The first-order chi connectivity index (χ1) is 8.16. The molecule has 1 aliphatic rings. The molecule has 1 aromatic rings. The Kier molecular flexibility index (Phi) is 3.68. The highest BCUT2D eigenvalue weighted by Gasteiger charge is 2.16. The van der Waals surface area contributed by atoms with E-state index in [0.29, 0.717) is 11.9 Å². The van der Waals surface area contributed by atoms with Gasteiger partial charge in [0, 0.05) is 12.1 Å². The van der Waals surface area contributed by atoms with E-state index in [2.05, 4.69) is 10.3 Å². The van der Waals surface area contributed by atoms with Gasteiger partial charge in [-0.05, 0) is 30.4 Å². The summed E-state index contributed by atoms with van der Waals surface area (Å²) in [6, 6.07) is 3.39. The molecule has 0 atom stereocenters. The number of thioether (sulfide) groups is 1. The van der Waals surface area contributed by atoms with Crippen LogP contribution in [0.3, 0.4) is 0 Å². The predicted octanol–water partition coefficient (Wildman–Crippen LogP) is 1.88. The van der Waals surface area contributed by atoms with Gasteiger partial charge in [-0.2, -0.15) is 11.8 Å². The molecule has 17 heavy (non-hydrogen) atoms. The van der Waals surface area contributed by atoms with Crippen molar-refractivity contribution in [2.75, 3.05) is 22.6 Å². The van der Waals surface area contributed by atoms with Crippen molar-refractivity contribution in [2.24, 2.45) is 0 Å². The molecule has 2 rings (SSSR count). The zero-order valence-corrected chi connectivity index (χ0v) is 10.1. The van der Waals surface area contributed by atoms with Crippen molar-refractivity contribution < 1.29 is 4.92 Å². The summed E-state index contributed by atoms with van der Waals surface area (Å²) in [7, 11) is 0. The minimum atomic E-state index is -0.524. The average molecular weight is 254 g/mol. The number of nitrogens with zero attached hydrogens (tertiary/aromatic N) is 2. The van der Waals surface area contributed by atoms with Gasteiger partial charge in [-0.15, -0.1) is 0 Å². The van der Waals surface area contributed by atoms with Gasteiger partial charge in [-0.3, -0.25) is 10.1 Å². The third-order valence-corrected chi connectivity index (χ3v) is 3.72. The number of anilines is 2. The van der Waals surface area contributed by atoms with E-state index >= 15 is 0 Å². The fourth-order valence-corrected chi connectivity index (χ4v) is 2.86. The van der Waals surface area contributed by atoms with Gasteiger partial charge in [0.25, 0.3) is 0 Å². The third kappa shape index (κ3) is 3.00. The standard InChI is InChI=1S/C10H14N4O2S/c11-10-8(14(15)16)1-2-9(13-10)12-7-3-5-17-6-4-7/h1-2,7H,3-6H2,(H3,11,12,13). The molecule has 7 heteroatoms. The topological polar surface area (TPSA) is 94.1 Å². The molecule has 1 aromatic heterocycles. The van der Waals surface area contributed by atoms with E-state index < -0.39 is 4.92 Å². The van der Waals surface area contributed by atoms with E-state index in [1.807, 2.05) is 11.8 Å². The largest absolute Gasteiger partial charge is 0.378 e. The number of pyridine rings is 1. The van der Waals surface area contributed by atoms with Crippen LogP contribution >= 0.6 is 11.8 Å². The van der Waals surface area contributed by atoms with E-state index in [0.717, 1.165) is 24.3 Å². The summed E-state index contributed by atoms with van der Waals surface area (Å²) in [5.41, 5.74) is 5.39. The van der Waals surface area contributed by atoms with E-state index in [1.165, 1.54) is 6.07 Å². The smallest absolute Gasteiger partial charge is 0.311 e. The van der Waals surface area contributed by atoms with Crippen molar-refractivity contribution in [1.82, 2.24) is 4.98 Å². The average Bonchev–Trinajstić information content (AvgIpc) is 2.30. The molecule has 92 valence electrons. The highest BCUT2D eigenvalue weighted by molar-refractivity contribution is 7.99. The van der Waals surface area contributed by atoms with Gasteiger partial charge >= 0.3 is 5.69 Å². The molecular formula is C10H14N4O2S. The number of aromatic nitrogens is 1. The summed E-state index contributed by atoms with van der Waals surface area (Å²) >= 11 is 1.94. The van der Waals surface area contributed by atoms with Crippen LogP contribution in [-0.2, 0) is 0 Å². The van der Waals surface area contributed by atoms with Gasteiger partial charge < -0.3 is 11.1 Å². The van der Waals surface area contributed by atoms with Crippen molar-refractivity contribution in [3.8, 4) is 0 Å². The molecule has 2 heterocycles. The molecule has 1 aliphatic heterocycles. The minimum absolute atomic E-state index is 0.0369. The Morgan fingerprint density at radius 1 is 1.47 bits per heavy atom. The van der Waals surface area contributed by atoms with Gasteiger partial charge in [0.2, 0.25) is 5.82 Å². The molecule has 3 N–H and O–H groups in total. The lowest BCUT2D eigenvalue weighted by molar-refractivity contribution is -0.384. The van der Waals surface area contributed by atoms with Crippen LogP contribution in [0.15, 0.2) is 12.1 Å². The van der Waals surface area contributed by atoms with E-state index in [1.54, 1.807) is 6.07 Å². The van der Waals surface area contributed by atoms with Crippen LogP contribution in [0.25, 0.3) is 0 Å². The van der Waals surface area contributed by atoms with Crippen molar-refractivity contribution in [3.63, 3.8) is 0 Å². The molecule has 0 unspecified atom stereocenters. The third-order valence-electron chi connectivity index (χ3n) is 2.67. The highest BCUT2D eigenvalue weighted by atomic mass is 32.2. The molecule has 0 bridgehead atoms. The second kappa shape index (κ2) is 5.22. The quantitative estimate of drug-likeness (QED) is 0.631. The van der Waals surface area contributed by atoms with Crippen molar-refractivity contribution >= 4 is 29.1 Å². The summed E-state index contributed by atoms with van der Waals surface area (Å²) in [5, 5.41) is 13.8. The Hall–Kier alpha value is -1.50. The minimum Gasteiger partial charge on any atom is -0.378 e. The van der Waals surface area contributed by atoms with Crippen molar-refractivity contribution in [3.05, 3.63) is 22.2 Å². The maximum absolute atomic E-state index is 10.6. The summed E-state index contributed by atoms with van der Waals surface area (Å²) in [6.07, 6.45) is 2.17. The molecule has 1 fully saturated rings. The molecule has 0 saturated carbocycles. The monoisotopic (exact) mass is 254 g/mol. The fraction of sp³-hybridized carbons (Fsp3) is 0.500. The highest BCUT2D eigenvalue weighted by Crippen LogP contribution is 2.24. The number of hydrogen-bond donors (Lipinski definition) is 2. The van der Waals surface area contributed by atoms with E-state index in [4.69, 9.17) is 5.73 Å². The molecule has 0 aromatic carbocycles. The molecule has 0 radical (unpaired) electrons. The lowest BCUT2D eigenvalue weighted by Gasteiger charge is -2.22. The molecule has 6 nitrogen and oxygen atoms in total. The zero-order valence-electron chi connectivity index (χ0n) is 9.26. The SMILES string of the molecule is Nc1nc(NC2CCSCC2)ccc1[N+](=O)[O-]. The van der Waals surface area contributed by atoms with Crippen molar-refractivity contribution in [2.45, 2.75) is 18.9 Å². The first kappa shape index (κ1) is 12.0. The van der Waals surface area contributed by atoms with Crippen LogP contribution < -0.4 is 11.1 Å². The number of hydrogen-bond acceptors (Lipinski definition) is 6. The van der Waals surface area contributed by atoms with Crippen molar-refractivity contribution in [1.29, 1.82) is 0 Å². The summed E-state index contributed by atoms with van der Waals surface area (Å²) in [5.74, 6) is 2.86. The Bertz CT molecular complexity index is 421. The lowest BCUT2D eigenvalue weighted by Crippen LogP contribution is -2.25. The molecule has 0 spiro atoms. The van der Waals surface area contributed by atoms with Crippen LogP contribution in [-0.4, -0.2) is 27.5 Å². The van der Waals surface area contributed by atoms with Crippen LogP contribution in [0.1, 0.15) is 12.8 Å². The van der Waals surface area contributed by atoms with Gasteiger partial charge in [0.15, 0.2) is 0 Å². The number of nitrogen functional groups attached to an aromatic ring is 1. The first-order valence-electron chi connectivity index (χ1n) is 5.42. The second-order valence-corrected chi connectivity index (χ2v) is 5.11. The Balaban J connectivity index is 2.06.